The van der Waals surface area contributed by atoms with Gasteiger partial charge in [-0.05, 0) is 143 Å². The monoisotopic (exact) mass is 875 g/mol. The molecule has 2 heteroatoms. The lowest BCUT2D eigenvalue weighted by molar-refractivity contribution is 0.669. The van der Waals surface area contributed by atoms with Crippen molar-refractivity contribution in [2.45, 2.75) is 5.41 Å². The molecule has 0 saturated heterocycles. The molecule has 12 aromatic rings. The molecule has 11 aromatic carbocycles. The molecule has 2 aliphatic rings. The fraction of sp³-hybridized carbons (Fsp3) is 0.0154. The van der Waals surface area contributed by atoms with Crippen LogP contribution >= 0.6 is 0 Å². The molecule has 2 aliphatic carbocycles. The summed E-state index contributed by atoms with van der Waals surface area (Å²) in [4.78, 5) is 0.958. The van der Waals surface area contributed by atoms with Gasteiger partial charge in [-0.25, -0.2) is 0 Å². The lowest BCUT2D eigenvalue weighted by atomic mass is 9.70. The van der Waals surface area contributed by atoms with Crippen LogP contribution in [-0.2, 0) is 5.41 Å². The number of furan rings is 1. The van der Waals surface area contributed by atoms with E-state index in [1.54, 1.807) is 12.1 Å². The van der Waals surface area contributed by atoms with Crippen LogP contribution in [0, 0.1) is 0 Å². The van der Waals surface area contributed by atoms with Crippen LogP contribution in [0.25, 0.3) is 88.3 Å². The maximum atomic E-state index is 10.8. The van der Waals surface area contributed by atoms with Gasteiger partial charge in [-0.1, -0.05) is 194 Å². The molecule has 312 valence electrons. The van der Waals surface area contributed by atoms with Crippen molar-refractivity contribution in [2.75, 3.05) is 4.90 Å². The average molecular weight is 876 g/mol. The first-order valence-electron chi connectivity index (χ1n) is 33.2. The maximum absolute atomic E-state index is 10.8. The Kier molecular flexibility index (Phi) is 4.61. The predicted molar refractivity (Wildman–Crippen MR) is 279 cm³/mol. The second kappa shape index (κ2) is 14.7. The number of nitrogens with zero attached hydrogens (tertiary/aromatic N) is 1. The van der Waals surface area contributed by atoms with Crippen molar-refractivity contribution < 1.29 is 37.3 Å². The smallest absolute Gasteiger partial charge is 0.136 e. The molecular weight excluding hydrogens is 811 g/mol. The van der Waals surface area contributed by atoms with E-state index in [4.69, 9.17) is 19.5 Å². The van der Waals surface area contributed by atoms with Crippen LogP contribution in [0.5, 0.6) is 0 Å². The minimum atomic E-state index is -2.79. The van der Waals surface area contributed by atoms with E-state index < -0.39 is 217 Å². The third-order valence-electron chi connectivity index (χ3n) is 12.7. The summed E-state index contributed by atoms with van der Waals surface area (Å²) in [6.07, 6.45) is 0. The third-order valence-corrected chi connectivity index (χ3v) is 12.7. The van der Waals surface area contributed by atoms with Crippen molar-refractivity contribution >= 4 is 49.8 Å². The summed E-state index contributed by atoms with van der Waals surface area (Å²) in [5.41, 5.74) is -6.17. The fourth-order valence-corrected chi connectivity index (χ4v) is 9.85. The molecule has 0 aliphatic heterocycles. The number of rotatable bonds is 6. The summed E-state index contributed by atoms with van der Waals surface area (Å²) < 4.78 is 231. The highest BCUT2D eigenvalue weighted by Gasteiger charge is 2.51. The normalized spacial score (nSPS) is 17.9. The number of anilines is 3. The summed E-state index contributed by atoms with van der Waals surface area (Å²) in [7, 11) is 0. The molecule has 0 unspecified atom stereocenters. The number of para-hydroxylation sites is 1. The molecule has 0 saturated carbocycles. The van der Waals surface area contributed by atoms with E-state index in [0.717, 1.165) is 37.6 Å². The Morgan fingerprint density at radius 1 is 0.358 bits per heavy atom. The van der Waals surface area contributed by atoms with Gasteiger partial charge in [0, 0.05) is 27.8 Å². The molecule has 0 fully saturated rings. The Morgan fingerprint density at radius 2 is 0.925 bits per heavy atom. The van der Waals surface area contributed by atoms with Gasteiger partial charge < -0.3 is 9.32 Å². The van der Waals surface area contributed by atoms with Gasteiger partial charge in [0.05, 0.1) is 38.3 Å². The third kappa shape index (κ3) is 5.57. The summed E-state index contributed by atoms with van der Waals surface area (Å²) in [6.45, 7) is 0. The predicted octanol–water partition coefficient (Wildman–Crippen LogP) is 17.6. The van der Waals surface area contributed by atoms with Crippen LogP contribution in [0.4, 0.5) is 17.1 Å². The topological polar surface area (TPSA) is 16.4 Å². The maximum Gasteiger partial charge on any atom is 0.136 e. The van der Waals surface area contributed by atoms with E-state index in [0.29, 0.717) is 22.3 Å². The van der Waals surface area contributed by atoms with E-state index in [1.165, 1.54) is 12.1 Å². The van der Waals surface area contributed by atoms with E-state index in [1.807, 2.05) is 78.9 Å². The van der Waals surface area contributed by atoms with Crippen molar-refractivity contribution in [3.8, 4) is 55.6 Å². The highest BCUT2D eigenvalue weighted by Crippen LogP contribution is 2.63. The van der Waals surface area contributed by atoms with Crippen LogP contribution in [0.3, 0.4) is 0 Å². The Hall–Kier alpha value is -8.72. The van der Waals surface area contributed by atoms with Gasteiger partial charge in [-0.3, -0.25) is 0 Å². The largest absolute Gasteiger partial charge is 0.456 e. The van der Waals surface area contributed by atoms with Crippen LogP contribution in [0.1, 0.15) is 55.2 Å². The summed E-state index contributed by atoms with van der Waals surface area (Å²) in [6, 6.07) is 10.1. The van der Waals surface area contributed by atoms with Gasteiger partial charge in [-0.15, -0.1) is 0 Å². The Labute approximate surface area is 423 Å². The molecule has 0 atom stereocenters. The highest BCUT2D eigenvalue weighted by molar-refractivity contribution is 6.09. The highest BCUT2D eigenvalue weighted by atomic mass is 16.3. The molecule has 0 amide bonds. The van der Waals surface area contributed by atoms with Crippen LogP contribution in [0.2, 0.25) is 0 Å². The molecule has 1 aromatic heterocycles. The Morgan fingerprint density at radius 3 is 1.64 bits per heavy atom. The van der Waals surface area contributed by atoms with Gasteiger partial charge in [0.1, 0.15) is 11.2 Å². The summed E-state index contributed by atoms with van der Waals surface area (Å²) in [5, 5.41) is 3.55. The van der Waals surface area contributed by atoms with Gasteiger partial charge in [0.25, 0.3) is 0 Å². The molecule has 0 N–H and O–H groups in total. The SMILES string of the molecule is [2H]c1c([2H])c([2H])c(-c2c([2H])c([2H])c(N(c3ccc(-c4ccc5ccccc5c4-c4ccc5c(c4)oc4ccccc45)cc3)c3c([2H])c([2H])c4c(c3[2H])C3(c5c([2H])c([2H])c([2H])c([2H])c5-c5c([2H])c([2H])c([2H])c([2H])c53)c3c([2H])c([2H])c([2H])c([2H])c3-4)c([2H])c2[2H])c([2H])c1[2H]. The number of hydrogen-bond donors (Lipinski definition) is 0. The number of fused-ring (bicyclic) bond motifs is 14. The summed E-state index contributed by atoms with van der Waals surface area (Å²) in [5.74, 6) is 0. The zero-order chi connectivity index (χ0) is 64.9. The van der Waals surface area contributed by atoms with Gasteiger partial charge in [-0.2, -0.15) is 0 Å². The first-order chi connectivity index (χ1) is 43.2. The molecule has 1 heterocycles. The minimum Gasteiger partial charge on any atom is -0.456 e. The number of benzene rings is 11. The summed E-state index contributed by atoms with van der Waals surface area (Å²) >= 11 is 0. The van der Waals surface area contributed by atoms with Crippen molar-refractivity contribution in [3.63, 3.8) is 0 Å². The van der Waals surface area contributed by atoms with Gasteiger partial charge in [0.2, 0.25) is 0 Å². The average Bonchev–Trinajstić information content (AvgIpc) is 1.48. The standard InChI is InChI=1S/C65H41NO/c1-2-14-42(15-3-1)43-26-32-47(33-27-43)66(49-36-39-55-54-20-8-12-24-60(54)65(61(55)41-49)58-22-10-6-18-52(58)53-19-7-11-23-59(53)65)48-34-28-45(29-35-48)51-37-30-44-16-4-5-17-50(44)64(51)46-31-38-57-56-21-9-13-25-62(56)67-63(57)40-46/h1-41H/i1D,2D,3D,6D,7D,8D,10D,11D,12D,14D,15D,18D,19D,20D,22D,23D,24D,26D,27D,32D,33D,36D,39D,41D. The van der Waals surface area contributed by atoms with Crippen LogP contribution in [-0.4, -0.2) is 0 Å². The lowest BCUT2D eigenvalue weighted by Gasteiger charge is -2.32. The van der Waals surface area contributed by atoms with Crippen LogP contribution in [0.15, 0.2) is 253 Å². The number of hydrogen-bond acceptors (Lipinski definition) is 2. The van der Waals surface area contributed by atoms with Gasteiger partial charge in [0.15, 0.2) is 0 Å². The van der Waals surface area contributed by atoms with Crippen molar-refractivity contribution in [1.82, 2.24) is 0 Å². The van der Waals surface area contributed by atoms with Crippen LogP contribution < -0.4 is 4.90 Å². The molecular formula is C65H41NO. The van der Waals surface area contributed by atoms with Crippen molar-refractivity contribution in [3.05, 3.63) is 270 Å². The molecule has 67 heavy (non-hydrogen) atoms. The quantitative estimate of drug-likeness (QED) is 0.165. The second-order valence-corrected chi connectivity index (χ2v) is 16.1. The molecule has 2 nitrogen and oxygen atoms in total. The zero-order valence-corrected chi connectivity index (χ0v) is 34.7. The van der Waals surface area contributed by atoms with E-state index >= 15 is 0 Å². The van der Waals surface area contributed by atoms with E-state index in [2.05, 4.69) is 0 Å². The fourth-order valence-electron chi connectivity index (χ4n) is 9.85. The van der Waals surface area contributed by atoms with Crippen molar-refractivity contribution in [2.24, 2.45) is 0 Å². The Balaban J connectivity index is 1.11. The molecule has 14 rings (SSSR count). The van der Waals surface area contributed by atoms with E-state index in [-0.39, 0.29) is 5.69 Å². The Bertz CT molecular complexity index is 5210. The first-order valence-corrected chi connectivity index (χ1v) is 21.2. The lowest BCUT2D eigenvalue weighted by Crippen LogP contribution is -2.26. The zero-order valence-electron chi connectivity index (χ0n) is 58.7. The molecule has 1 spiro atoms. The van der Waals surface area contributed by atoms with Gasteiger partial charge >= 0.3 is 0 Å². The van der Waals surface area contributed by atoms with E-state index in [9.17, 15) is 17.8 Å². The minimum absolute atomic E-state index is 0.127. The second-order valence-electron chi connectivity index (χ2n) is 16.1. The molecule has 0 radical (unpaired) electrons. The molecule has 0 bridgehead atoms. The first kappa shape index (κ1) is 21.1. The van der Waals surface area contributed by atoms with Crippen molar-refractivity contribution in [1.29, 1.82) is 0 Å².